The van der Waals surface area contributed by atoms with Gasteiger partial charge >= 0.3 is 0 Å². The average Bonchev–Trinajstić information content (AvgIpc) is 2.49. The Bertz CT molecular complexity index is 245. The van der Waals surface area contributed by atoms with Crippen LogP contribution in [0.5, 0.6) is 0 Å². The SMILES string of the molecule is FCCCC[SiH]1CCC([C@H]2CC[C@H](CCBr)CC2)CC1. The molecule has 0 aromatic heterocycles. The summed E-state index contributed by atoms with van der Waals surface area (Å²) in [5.74, 6) is 3.13. The van der Waals surface area contributed by atoms with Crippen molar-refractivity contribution >= 4 is 24.7 Å². The highest BCUT2D eigenvalue weighted by Gasteiger charge is 2.30. The van der Waals surface area contributed by atoms with Gasteiger partial charge < -0.3 is 0 Å². The van der Waals surface area contributed by atoms with E-state index < -0.39 is 8.80 Å². The molecule has 3 heteroatoms. The molecule has 1 saturated carbocycles. The molecule has 1 aliphatic carbocycles. The summed E-state index contributed by atoms with van der Waals surface area (Å²) in [6.07, 6.45) is 12.4. The molecule has 0 bridgehead atoms. The molecule has 0 N–H and O–H groups in total. The fourth-order valence-corrected chi connectivity index (χ4v) is 8.76. The van der Waals surface area contributed by atoms with Gasteiger partial charge in [-0.15, -0.1) is 0 Å². The lowest BCUT2D eigenvalue weighted by Crippen LogP contribution is -2.28. The summed E-state index contributed by atoms with van der Waals surface area (Å²) >= 11 is 3.59. The molecule has 0 spiro atoms. The molecule has 0 radical (unpaired) electrons. The Morgan fingerprint density at radius 1 is 0.900 bits per heavy atom. The minimum absolute atomic E-state index is 0.0958. The monoisotopic (exact) mass is 362 g/mol. The molecule has 0 aromatic rings. The van der Waals surface area contributed by atoms with Gasteiger partial charge in [0.05, 0.1) is 6.67 Å². The van der Waals surface area contributed by atoms with Crippen LogP contribution in [-0.4, -0.2) is 20.8 Å². The fourth-order valence-electron chi connectivity index (χ4n) is 4.58. The molecule has 20 heavy (non-hydrogen) atoms. The van der Waals surface area contributed by atoms with Gasteiger partial charge in [-0.1, -0.05) is 66.2 Å². The van der Waals surface area contributed by atoms with E-state index in [2.05, 4.69) is 15.9 Å². The number of alkyl halides is 2. The van der Waals surface area contributed by atoms with Crippen LogP contribution >= 0.6 is 15.9 Å². The van der Waals surface area contributed by atoms with E-state index in [-0.39, 0.29) is 6.67 Å². The van der Waals surface area contributed by atoms with Crippen molar-refractivity contribution in [3.8, 4) is 0 Å². The largest absolute Gasteiger partial charge is 0.251 e. The Labute approximate surface area is 135 Å². The third-order valence-corrected chi connectivity index (χ3v) is 9.95. The van der Waals surface area contributed by atoms with Crippen LogP contribution in [0.2, 0.25) is 18.1 Å². The van der Waals surface area contributed by atoms with Crippen molar-refractivity contribution in [3.05, 3.63) is 0 Å². The normalized spacial score (nSPS) is 35.1. The van der Waals surface area contributed by atoms with Crippen LogP contribution in [0, 0.1) is 17.8 Å². The first-order valence-electron chi connectivity index (χ1n) is 8.95. The van der Waals surface area contributed by atoms with Gasteiger partial charge in [-0.3, -0.25) is 4.39 Å². The molecule has 0 atom stereocenters. The Balaban J connectivity index is 1.62. The zero-order valence-corrected chi connectivity index (χ0v) is 15.7. The smallest absolute Gasteiger partial charge is 0.0894 e. The van der Waals surface area contributed by atoms with Gasteiger partial charge in [0.1, 0.15) is 0 Å². The van der Waals surface area contributed by atoms with E-state index in [1.807, 2.05) is 0 Å². The minimum Gasteiger partial charge on any atom is -0.251 e. The zero-order valence-electron chi connectivity index (χ0n) is 13.0. The van der Waals surface area contributed by atoms with Crippen LogP contribution in [0.15, 0.2) is 0 Å². The van der Waals surface area contributed by atoms with Gasteiger partial charge in [0.15, 0.2) is 0 Å². The number of halogens is 2. The van der Waals surface area contributed by atoms with E-state index in [4.69, 9.17) is 0 Å². The van der Waals surface area contributed by atoms with Gasteiger partial charge in [-0.2, -0.15) is 0 Å². The Hall–Kier alpha value is 0.627. The van der Waals surface area contributed by atoms with Crippen molar-refractivity contribution in [2.75, 3.05) is 12.0 Å². The van der Waals surface area contributed by atoms with Crippen molar-refractivity contribution in [2.45, 2.75) is 75.9 Å². The molecule has 0 nitrogen and oxygen atoms in total. The van der Waals surface area contributed by atoms with Crippen LogP contribution in [0.25, 0.3) is 0 Å². The van der Waals surface area contributed by atoms with Crippen LogP contribution in [-0.2, 0) is 0 Å². The van der Waals surface area contributed by atoms with Gasteiger partial charge in [0.25, 0.3) is 0 Å². The van der Waals surface area contributed by atoms with E-state index >= 15 is 0 Å². The second-order valence-corrected chi connectivity index (χ2v) is 11.5. The van der Waals surface area contributed by atoms with E-state index in [1.54, 1.807) is 12.1 Å². The highest BCUT2D eigenvalue weighted by atomic mass is 79.9. The fraction of sp³-hybridized carbons (Fsp3) is 1.00. The van der Waals surface area contributed by atoms with Gasteiger partial charge in [0.2, 0.25) is 0 Å². The van der Waals surface area contributed by atoms with Crippen LogP contribution in [0.4, 0.5) is 4.39 Å². The second kappa shape index (κ2) is 9.60. The highest BCUT2D eigenvalue weighted by Crippen LogP contribution is 2.41. The first-order chi connectivity index (χ1) is 9.83. The molecule has 2 aliphatic rings. The van der Waals surface area contributed by atoms with Gasteiger partial charge in [-0.25, -0.2) is 0 Å². The predicted octanol–water partition coefficient (Wildman–Crippen LogP) is 5.96. The van der Waals surface area contributed by atoms with Gasteiger partial charge in [0, 0.05) is 14.1 Å². The van der Waals surface area contributed by atoms with E-state index in [0.29, 0.717) is 0 Å². The number of unbranched alkanes of at least 4 members (excludes halogenated alkanes) is 1. The number of hydrogen-bond donors (Lipinski definition) is 0. The molecule has 1 heterocycles. The molecular formula is C17H32BrFSi. The lowest BCUT2D eigenvalue weighted by atomic mass is 9.73. The van der Waals surface area contributed by atoms with Crippen molar-refractivity contribution in [2.24, 2.45) is 17.8 Å². The quantitative estimate of drug-likeness (QED) is 0.297. The minimum atomic E-state index is -0.447. The van der Waals surface area contributed by atoms with E-state index in [1.165, 1.54) is 62.7 Å². The number of hydrogen-bond acceptors (Lipinski definition) is 0. The summed E-state index contributed by atoms with van der Waals surface area (Å²) in [6.45, 7) is -0.0958. The molecular weight excluding hydrogens is 331 g/mol. The summed E-state index contributed by atoms with van der Waals surface area (Å²) in [4.78, 5) is 0. The molecule has 2 rings (SSSR count). The Morgan fingerprint density at radius 2 is 1.55 bits per heavy atom. The van der Waals surface area contributed by atoms with E-state index in [0.717, 1.165) is 24.2 Å². The lowest BCUT2D eigenvalue weighted by molar-refractivity contribution is 0.189. The average molecular weight is 363 g/mol. The molecule has 0 amide bonds. The van der Waals surface area contributed by atoms with Crippen LogP contribution < -0.4 is 0 Å². The molecule has 0 unspecified atom stereocenters. The van der Waals surface area contributed by atoms with Crippen LogP contribution in [0.1, 0.15) is 57.8 Å². The van der Waals surface area contributed by atoms with Crippen molar-refractivity contribution in [1.82, 2.24) is 0 Å². The lowest BCUT2D eigenvalue weighted by Gasteiger charge is -2.37. The summed E-state index contributed by atoms with van der Waals surface area (Å²) in [7, 11) is -0.447. The van der Waals surface area contributed by atoms with Crippen LogP contribution in [0.3, 0.4) is 0 Å². The van der Waals surface area contributed by atoms with Crippen molar-refractivity contribution in [1.29, 1.82) is 0 Å². The first kappa shape index (κ1) is 17.0. The first-order valence-corrected chi connectivity index (χ1v) is 12.5. The topological polar surface area (TPSA) is 0 Å². The van der Waals surface area contributed by atoms with E-state index in [9.17, 15) is 4.39 Å². The zero-order chi connectivity index (χ0) is 14.2. The molecule has 2 fully saturated rings. The summed E-state index contributed by atoms with van der Waals surface area (Å²) < 4.78 is 12.2. The summed E-state index contributed by atoms with van der Waals surface area (Å²) in [5.41, 5.74) is 0. The van der Waals surface area contributed by atoms with Crippen molar-refractivity contribution < 1.29 is 4.39 Å². The molecule has 118 valence electrons. The molecule has 1 saturated heterocycles. The second-order valence-electron chi connectivity index (χ2n) is 7.22. The Kier molecular flexibility index (Phi) is 8.16. The molecule has 1 aliphatic heterocycles. The highest BCUT2D eigenvalue weighted by molar-refractivity contribution is 9.09. The predicted molar refractivity (Wildman–Crippen MR) is 93.4 cm³/mol. The summed E-state index contributed by atoms with van der Waals surface area (Å²) in [5, 5.41) is 1.19. The van der Waals surface area contributed by atoms with Crippen molar-refractivity contribution in [3.63, 3.8) is 0 Å². The maximum absolute atomic E-state index is 12.2. The Morgan fingerprint density at radius 3 is 2.15 bits per heavy atom. The molecule has 0 aromatic carbocycles. The maximum atomic E-state index is 12.2. The standard InChI is InChI=1S/C17H32BrFSi/c18-10-7-15-3-5-16(6-4-15)17-8-13-20(14-9-17)12-2-1-11-19/h15-17,20H,1-14H2/t15-,16-,17?,20?. The summed E-state index contributed by atoms with van der Waals surface area (Å²) in [6, 6.07) is 4.56. The third-order valence-electron chi connectivity index (χ3n) is 5.96. The maximum Gasteiger partial charge on any atom is 0.0894 e. The third kappa shape index (κ3) is 5.44. The van der Waals surface area contributed by atoms with Gasteiger partial charge in [-0.05, 0) is 43.4 Å². The number of rotatable bonds is 7.